The van der Waals surface area contributed by atoms with Gasteiger partial charge < -0.3 is 15.4 Å². The molecule has 3 N–H and O–H groups in total. The maximum absolute atomic E-state index is 10.6. The lowest BCUT2D eigenvalue weighted by molar-refractivity contribution is -0.139. The standard InChI is InChI=1S/C7H11N3O2S/c1-8-5(7(11)12)2-4-6(13)10-3-9-4/h3,5,8,13H,2H2,1H3,(H,9,10)(H,11,12)/t5-/m0/s1. The van der Waals surface area contributed by atoms with Gasteiger partial charge in [0.1, 0.15) is 11.1 Å². The molecule has 0 aliphatic heterocycles. The van der Waals surface area contributed by atoms with Crippen molar-refractivity contribution in [1.82, 2.24) is 15.3 Å². The second-order valence-electron chi connectivity index (χ2n) is 2.59. The number of rotatable bonds is 4. The molecular formula is C7H11N3O2S. The van der Waals surface area contributed by atoms with Gasteiger partial charge in [-0.3, -0.25) is 4.79 Å². The highest BCUT2D eigenvalue weighted by molar-refractivity contribution is 7.80. The molecule has 6 heteroatoms. The summed E-state index contributed by atoms with van der Waals surface area (Å²) < 4.78 is 0. The first kappa shape index (κ1) is 10.1. The van der Waals surface area contributed by atoms with E-state index in [1.807, 2.05) is 0 Å². The molecule has 0 aromatic carbocycles. The Morgan fingerprint density at radius 3 is 3.00 bits per heavy atom. The number of hydrogen-bond donors (Lipinski definition) is 4. The summed E-state index contributed by atoms with van der Waals surface area (Å²) in [7, 11) is 1.60. The van der Waals surface area contributed by atoms with Gasteiger partial charge in [0.2, 0.25) is 0 Å². The number of carboxylic acid groups (broad SMARTS) is 1. The van der Waals surface area contributed by atoms with E-state index in [0.29, 0.717) is 11.4 Å². The van der Waals surface area contributed by atoms with Gasteiger partial charge in [0.15, 0.2) is 0 Å². The van der Waals surface area contributed by atoms with Crippen LogP contribution >= 0.6 is 12.6 Å². The van der Waals surface area contributed by atoms with Crippen LogP contribution in [0.4, 0.5) is 0 Å². The van der Waals surface area contributed by atoms with E-state index in [2.05, 4.69) is 27.9 Å². The lowest BCUT2D eigenvalue weighted by Crippen LogP contribution is -2.35. The molecule has 0 fully saturated rings. The van der Waals surface area contributed by atoms with Gasteiger partial charge in [0.05, 0.1) is 12.0 Å². The van der Waals surface area contributed by atoms with Crippen molar-refractivity contribution < 1.29 is 9.90 Å². The molecule has 13 heavy (non-hydrogen) atoms. The monoisotopic (exact) mass is 201 g/mol. The Morgan fingerprint density at radius 1 is 1.92 bits per heavy atom. The molecule has 0 aliphatic rings. The maximum Gasteiger partial charge on any atom is 0.321 e. The van der Waals surface area contributed by atoms with E-state index in [1.165, 1.54) is 6.33 Å². The average Bonchev–Trinajstić information content (AvgIpc) is 2.46. The van der Waals surface area contributed by atoms with Crippen molar-refractivity contribution in [1.29, 1.82) is 0 Å². The number of aromatic amines is 1. The van der Waals surface area contributed by atoms with Gasteiger partial charge >= 0.3 is 5.97 Å². The fraction of sp³-hybridized carbons (Fsp3) is 0.429. The van der Waals surface area contributed by atoms with E-state index in [0.717, 1.165) is 5.69 Å². The fourth-order valence-electron chi connectivity index (χ4n) is 0.981. The van der Waals surface area contributed by atoms with Crippen LogP contribution in [0, 0.1) is 0 Å². The van der Waals surface area contributed by atoms with Crippen molar-refractivity contribution in [3.05, 3.63) is 12.0 Å². The van der Waals surface area contributed by atoms with Crippen LogP contribution in [0.15, 0.2) is 11.4 Å². The molecule has 0 bridgehead atoms. The van der Waals surface area contributed by atoms with E-state index in [4.69, 9.17) is 5.11 Å². The van der Waals surface area contributed by atoms with Crippen LogP contribution in [-0.2, 0) is 11.2 Å². The van der Waals surface area contributed by atoms with Crippen molar-refractivity contribution in [3.8, 4) is 0 Å². The first-order valence-corrected chi connectivity index (χ1v) is 4.21. The molecule has 0 aliphatic carbocycles. The minimum atomic E-state index is -0.884. The third-order valence-electron chi connectivity index (χ3n) is 1.75. The summed E-state index contributed by atoms with van der Waals surface area (Å²) in [6.45, 7) is 0. The molecule has 72 valence electrons. The Kier molecular flexibility index (Phi) is 3.32. The van der Waals surface area contributed by atoms with E-state index < -0.39 is 12.0 Å². The van der Waals surface area contributed by atoms with Crippen LogP contribution in [0.3, 0.4) is 0 Å². The number of hydrogen-bond acceptors (Lipinski definition) is 4. The third-order valence-corrected chi connectivity index (χ3v) is 2.14. The SMILES string of the molecule is CN[C@@H](Cc1[nH]cnc1S)C(=O)O. The number of nitrogens with one attached hydrogen (secondary N) is 2. The lowest BCUT2D eigenvalue weighted by Gasteiger charge is -2.09. The van der Waals surface area contributed by atoms with Crippen molar-refractivity contribution in [3.63, 3.8) is 0 Å². The second kappa shape index (κ2) is 4.29. The predicted octanol–water partition coefficient (Wildman–Crippen LogP) is -0.0865. The summed E-state index contributed by atoms with van der Waals surface area (Å²) in [5.74, 6) is -0.884. The van der Waals surface area contributed by atoms with Crippen LogP contribution in [-0.4, -0.2) is 34.1 Å². The normalized spacial score (nSPS) is 12.8. The molecule has 0 amide bonds. The minimum Gasteiger partial charge on any atom is -0.480 e. The highest BCUT2D eigenvalue weighted by Crippen LogP contribution is 2.09. The zero-order chi connectivity index (χ0) is 9.84. The van der Waals surface area contributed by atoms with Crippen LogP contribution in [0.25, 0.3) is 0 Å². The van der Waals surface area contributed by atoms with Gasteiger partial charge in [0, 0.05) is 6.42 Å². The molecule has 0 unspecified atom stereocenters. The number of aliphatic carboxylic acids is 1. The van der Waals surface area contributed by atoms with Crippen LogP contribution in [0.1, 0.15) is 5.69 Å². The molecule has 1 atom stereocenters. The highest BCUT2D eigenvalue weighted by atomic mass is 32.1. The molecule has 0 radical (unpaired) electrons. The number of likely N-dealkylation sites (N-methyl/N-ethyl adjacent to an activating group) is 1. The van der Waals surface area contributed by atoms with E-state index in [1.54, 1.807) is 7.05 Å². The number of imidazole rings is 1. The molecule has 0 saturated carbocycles. The minimum absolute atomic E-state index is 0.352. The molecule has 5 nitrogen and oxygen atoms in total. The van der Waals surface area contributed by atoms with E-state index in [-0.39, 0.29) is 0 Å². The van der Waals surface area contributed by atoms with Gasteiger partial charge in [-0.1, -0.05) is 0 Å². The smallest absolute Gasteiger partial charge is 0.321 e. The number of H-pyrrole nitrogens is 1. The quantitative estimate of drug-likeness (QED) is 0.514. The van der Waals surface area contributed by atoms with Gasteiger partial charge in [-0.15, -0.1) is 12.6 Å². The number of thiol groups is 1. The summed E-state index contributed by atoms with van der Waals surface area (Å²) in [6, 6.07) is -0.605. The molecule has 1 heterocycles. The fourth-order valence-corrected chi connectivity index (χ4v) is 1.19. The Morgan fingerprint density at radius 2 is 2.62 bits per heavy atom. The van der Waals surface area contributed by atoms with Gasteiger partial charge in [-0.2, -0.15) is 0 Å². The first-order valence-electron chi connectivity index (χ1n) is 3.76. The second-order valence-corrected chi connectivity index (χ2v) is 3.01. The van der Waals surface area contributed by atoms with Crippen LogP contribution in [0.5, 0.6) is 0 Å². The Hall–Kier alpha value is -1.01. The van der Waals surface area contributed by atoms with Crippen LogP contribution < -0.4 is 5.32 Å². The van der Waals surface area contributed by atoms with Crippen LogP contribution in [0.2, 0.25) is 0 Å². The number of nitrogens with zero attached hydrogens (tertiary/aromatic N) is 1. The van der Waals surface area contributed by atoms with Crippen molar-refractivity contribution in [2.45, 2.75) is 17.5 Å². The number of carbonyl (C=O) groups is 1. The van der Waals surface area contributed by atoms with Crippen molar-refractivity contribution in [2.75, 3.05) is 7.05 Å². The van der Waals surface area contributed by atoms with Gasteiger partial charge in [-0.05, 0) is 7.05 Å². The Labute approximate surface area is 81.0 Å². The summed E-state index contributed by atoms with van der Waals surface area (Å²) in [4.78, 5) is 17.3. The van der Waals surface area contributed by atoms with Gasteiger partial charge in [0.25, 0.3) is 0 Å². The molecular weight excluding hydrogens is 190 g/mol. The summed E-state index contributed by atoms with van der Waals surface area (Å²) >= 11 is 4.07. The molecule has 0 saturated heterocycles. The Bertz CT molecular complexity index is 300. The zero-order valence-corrected chi connectivity index (χ0v) is 8.01. The average molecular weight is 201 g/mol. The highest BCUT2D eigenvalue weighted by Gasteiger charge is 2.17. The molecule has 0 spiro atoms. The van der Waals surface area contributed by atoms with Crippen molar-refractivity contribution in [2.24, 2.45) is 0 Å². The number of carboxylic acids is 1. The molecule has 1 aromatic heterocycles. The molecule has 1 rings (SSSR count). The summed E-state index contributed by atoms with van der Waals surface area (Å²) in [5, 5.41) is 12.0. The van der Waals surface area contributed by atoms with Crippen molar-refractivity contribution >= 4 is 18.6 Å². The topological polar surface area (TPSA) is 78.0 Å². The van der Waals surface area contributed by atoms with Gasteiger partial charge in [-0.25, -0.2) is 4.98 Å². The molecule has 1 aromatic rings. The summed E-state index contributed by atoms with van der Waals surface area (Å²) in [5.41, 5.74) is 0.727. The summed E-state index contributed by atoms with van der Waals surface area (Å²) in [6.07, 6.45) is 1.84. The van der Waals surface area contributed by atoms with E-state index in [9.17, 15) is 4.79 Å². The largest absolute Gasteiger partial charge is 0.480 e. The predicted molar refractivity (Wildman–Crippen MR) is 50.0 cm³/mol. The maximum atomic E-state index is 10.6. The third kappa shape index (κ3) is 2.46. The first-order chi connectivity index (χ1) is 6.15. The lowest BCUT2D eigenvalue weighted by atomic mass is 10.2. The Balaban J connectivity index is 2.67. The van der Waals surface area contributed by atoms with E-state index >= 15 is 0 Å². The number of aromatic nitrogens is 2. The zero-order valence-electron chi connectivity index (χ0n) is 7.11.